The van der Waals surface area contributed by atoms with Crippen molar-refractivity contribution < 1.29 is 9.69 Å². The number of likely N-dealkylation sites (N-methyl/N-ethyl adjacent to an activating group) is 2. The van der Waals surface area contributed by atoms with Gasteiger partial charge in [-0.05, 0) is 26.0 Å². The summed E-state index contributed by atoms with van der Waals surface area (Å²) in [6.45, 7) is 5.44. The second kappa shape index (κ2) is 6.77. The standard InChI is InChI=1S/C13H19BrN2O/c1-4-15-13(17)10(2)16(3)9-11-5-7-12(14)8-6-11/h5-8,10H,4,9H2,1-3H3,(H,15,17)/p+1/t10-/m1/s1. The molecule has 1 amide bonds. The van der Waals surface area contributed by atoms with Crippen LogP contribution in [0.3, 0.4) is 0 Å². The van der Waals surface area contributed by atoms with Crippen LogP contribution >= 0.6 is 15.9 Å². The molecule has 0 saturated carbocycles. The van der Waals surface area contributed by atoms with Crippen molar-refractivity contribution in [1.29, 1.82) is 0 Å². The fourth-order valence-electron chi connectivity index (χ4n) is 1.63. The number of halogens is 1. The number of carbonyl (C=O) groups is 1. The van der Waals surface area contributed by atoms with Gasteiger partial charge in [-0.15, -0.1) is 0 Å². The molecule has 0 spiro atoms. The summed E-state index contributed by atoms with van der Waals surface area (Å²) >= 11 is 3.41. The molecule has 0 aromatic heterocycles. The van der Waals surface area contributed by atoms with Crippen LogP contribution in [-0.2, 0) is 11.3 Å². The Hall–Kier alpha value is -0.870. The zero-order valence-electron chi connectivity index (χ0n) is 10.6. The van der Waals surface area contributed by atoms with Crippen molar-refractivity contribution in [3.05, 3.63) is 34.3 Å². The number of rotatable bonds is 5. The number of nitrogens with one attached hydrogen (secondary N) is 2. The van der Waals surface area contributed by atoms with Crippen molar-refractivity contribution in [2.75, 3.05) is 13.6 Å². The third-order valence-electron chi connectivity index (χ3n) is 2.88. The summed E-state index contributed by atoms with van der Waals surface area (Å²) in [5, 5.41) is 2.85. The Morgan fingerprint density at radius 2 is 2.00 bits per heavy atom. The lowest BCUT2D eigenvalue weighted by Crippen LogP contribution is -3.12. The fourth-order valence-corrected chi connectivity index (χ4v) is 1.89. The topological polar surface area (TPSA) is 33.5 Å². The van der Waals surface area contributed by atoms with Gasteiger partial charge in [-0.25, -0.2) is 0 Å². The van der Waals surface area contributed by atoms with Crippen LogP contribution in [0.4, 0.5) is 0 Å². The molecule has 17 heavy (non-hydrogen) atoms. The molecule has 94 valence electrons. The molecule has 0 aliphatic heterocycles. The predicted molar refractivity (Wildman–Crippen MR) is 72.9 cm³/mol. The van der Waals surface area contributed by atoms with Gasteiger partial charge >= 0.3 is 0 Å². The first-order valence-electron chi connectivity index (χ1n) is 5.89. The van der Waals surface area contributed by atoms with E-state index in [1.807, 2.05) is 33.0 Å². The highest BCUT2D eigenvalue weighted by Gasteiger charge is 2.20. The summed E-state index contributed by atoms with van der Waals surface area (Å²) in [6.07, 6.45) is 0. The Kier molecular flexibility index (Phi) is 5.65. The molecule has 2 N–H and O–H groups in total. The molecule has 1 aromatic rings. The van der Waals surface area contributed by atoms with Gasteiger partial charge < -0.3 is 10.2 Å². The van der Waals surface area contributed by atoms with Gasteiger partial charge in [-0.3, -0.25) is 4.79 Å². The van der Waals surface area contributed by atoms with Gasteiger partial charge in [0.2, 0.25) is 0 Å². The summed E-state index contributed by atoms with van der Waals surface area (Å²) in [5.41, 5.74) is 1.24. The van der Waals surface area contributed by atoms with E-state index in [4.69, 9.17) is 0 Å². The molecule has 1 rings (SSSR count). The monoisotopic (exact) mass is 299 g/mol. The highest BCUT2D eigenvalue weighted by molar-refractivity contribution is 9.10. The van der Waals surface area contributed by atoms with Crippen LogP contribution in [0.25, 0.3) is 0 Å². The largest absolute Gasteiger partial charge is 0.351 e. The third-order valence-corrected chi connectivity index (χ3v) is 3.41. The fraction of sp³-hybridized carbons (Fsp3) is 0.462. The highest BCUT2D eigenvalue weighted by Crippen LogP contribution is 2.09. The number of quaternary nitrogens is 1. The first-order valence-corrected chi connectivity index (χ1v) is 6.68. The zero-order valence-corrected chi connectivity index (χ0v) is 12.2. The van der Waals surface area contributed by atoms with E-state index < -0.39 is 0 Å². The van der Waals surface area contributed by atoms with Gasteiger partial charge in [-0.2, -0.15) is 0 Å². The van der Waals surface area contributed by atoms with E-state index >= 15 is 0 Å². The van der Waals surface area contributed by atoms with Gasteiger partial charge in [0.15, 0.2) is 6.04 Å². The summed E-state index contributed by atoms with van der Waals surface area (Å²) in [5.74, 6) is 0.113. The molecule has 0 radical (unpaired) electrons. The Bertz CT molecular complexity index is 364. The normalized spacial score (nSPS) is 14.1. The molecule has 0 heterocycles. The van der Waals surface area contributed by atoms with Crippen molar-refractivity contribution in [2.24, 2.45) is 0 Å². The maximum atomic E-state index is 11.7. The van der Waals surface area contributed by atoms with Crippen molar-refractivity contribution in [1.82, 2.24) is 5.32 Å². The SMILES string of the molecule is CCNC(=O)[C@@H](C)[NH+](C)Cc1ccc(Br)cc1. The number of amides is 1. The zero-order chi connectivity index (χ0) is 12.8. The summed E-state index contributed by atoms with van der Waals surface area (Å²) in [6, 6.07) is 8.19. The average Bonchev–Trinajstić information content (AvgIpc) is 2.31. The molecule has 0 fully saturated rings. The van der Waals surface area contributed by atoms with Crippen molar-refractivity contribution >= 4 is 21.8 Å². The number of benzene rings is 1. The van der Waals surface area contributed by atoms with E-state index in [1.165, 1.54) is 10.5 Å². The first-order chi connectivity index (χ1) is 8.04. The minimum Gasteiger partial charge on any atom is -0.351 e. The van der Waals surface area contributed by atoms with E-state index in [1.54, 1.807) is 0 Å². The van der Waals surface area contributed by atoms with Crippen LogP contribution in [0.1, 0.15) is 19.4 Å². The molecule has 2 atom stereocenters. The van der Waals surface area contributed by atoms with Crippen LogP contribution in [0.15, 0.2) is 28.7 Å². The Morgan fingerprint density at radius 1 is 1.41 bits per heavy atom. The van der Waals surface area contributed by atoms with Crippen molar-refractivity contribution in [3.8, 4) is 0 Å². The minimum atomic E-state index is -0.0291. The number of hydrogen-bond acceptors (Lipinski definition) is 1. The van der Waals surface area contributed by atoms with Crippen molar-refractivity contribution in [2.45, 2.75) is 26.4 Å². The molecular weight excluding hydrogens is 280 g/mol. The van der Waals surface area contributed by atoms with E-state index in [9.17, 15) is 4.79 Å². The van der Waals surface area contributed by atoms with Crippen molar-refractivity contribution in [3.63, 3.8) is 0 Å². The van der Waals surface area contributed by atoms with E-state index in [-0.39, 0.29) is 11.9 Å². The van der Waals surface area contributed by atoms with Crippen LogP contribution in [0.5, 0.6) is 0 Å². The summed E-state index contributed by atoms with van der Waals surface area (Å²) in [7, 11) is 2.04. The lowest BCUT2D eigenvalue weighted by atomic mass is 10.2. The maximum absolute atomic E-state index is 11.7. The summed E-state index contributed by atoms with van der Waals surface area (Å²) < 4.78 is 1.08. The average molecular weight is 300 g/mol. The molecule has 1 unspecified atom stereocenters. The van der Waals surface area contributed by atoms with E-state index in [2.05, 4.69) is 33.4 Å². The Morgan fingerprint density at radius 3 is 2.53 bits per heavy atom. The van der Waals surface area contributed by atoms with Crippen LogP contribution in [-0.4, -0.2) is 25.5 Å². The van der Waals surface area contributed by atoms with Gasteiger partial charge in [0, 0.05) is 16.6 Å². The van der Waals surface area contributed by atoms with Crippen LogP contribution in [0, 0.1) is 0 Å². The number of carbonyl (C=O) groups excluding carboxylic acids is 1. The summed E-state index contributed by atoms with van der Waals surface area (Å²) in [4.78, 5) is 12.9. The minimum absolute atomic E-state index is 0.0291. The molecular formula is C13H20BrN2O+. The lowest BCUT2D eigenvalue weighted by molar-refractivity contribution is -0.908. The number of hydrogen-bond donors (Lipinski definition) is 2. The Labute approximate surface area is 111 Å². The van der Waals surface area contributed by atoms with Gasteiger partial charge in [0.05, 0.1) is 7.05 Å². The maximum Gasteiger partial charge on any atom is 0.278 e. The predicted octanol–water partition coefficient (Wildman–Crippen LogP) is 0.988. The first kappa shape index (κ1) is 14.2. The quantitative estimate of drug-likeness (QED) is 0.835. The Balaban J connectivity index is 2.56. The van der Waals surface area contributed by atoms with E-state index in [0.29, 0.717) is 6.54 Å². The molecule has 3 nitrogen and oxygen atoms in total. The second-order valence-corrected chi connectivity index (χ2v) is 5.18. The van der Waals surface area contributed by atoms with Gasteiger partial charge in [0.1, 0.15) is 6.54 Å². The van der Waals surface area contributed by atoms with Gasteiger partial charge in [-0.1, -0.05) is 28.1 Å². The molecule has 0 aliphatic rings. The molecule has 4 heteroatoms. The molecule has 0 saturated heterocycles. The van der Waals surface area contributed by atoms with Crippen LogP contribution < -0.4 is 10.2 Å². The third kappa shape index (κ3) is 4.48. The molecule has 0 bridgehead atoms. The lowest BCUT2D eigenvalue weighted by Gasteiger charge is -2.20. The van der Waals surface area contributed by atoms with Gasteiger partial charge in [0.25, 0.3) is 5.91 Å². The smallest absolute Gasteiger partial charge is 0.278 e. The van der Waals surface area contributed by atoms with Crippen LogP contribution in [0.2, 0.25) is 0 Å². The second-order valence-electron chi connectivity index (χ2n) is 4.27. The molecule has 1 aromatic carbocycles. The molecule has 0 aliphatic carbocycles. The highest BCUT2D eigenvalue weighted by atomic mass is 79.9. The van der Waals surface area contributed by atoms with E-state index in [0.717, 1.165) is 11.0 Å².